The highest BCUT2D eigenvalue weighted by molar-refractivity contribution is 5.94. The van der Waals surface area contributed by atoms with Crippen molar-refractivity contribution in [3.05, 3.63) is 53.1 Å². The molecule has 0 spiro atoms. The van der Waals surface area contributed by atoms with E-state index in [1.165, 1.54) is 101 Å². The van der Waals surface area contributed by atoms with E-state index in [-0.39, 0.29) is 22.8 Å². The van der Waals surface area contributed by atoms with Gasteiger partial charge in [-0.15, -0.1) is 0 Å². The fraction of sp³-hybridized carbons (Fsp3) is 0.754. The Hall–Kier alpha value is -2.90. The van der Waals surface area contributed by atoms with Gasteiger partial charge in [0.15, 0.2) is 11.5 Å². The maximum Gasteiger partial charge on any atom is 0.343 e. The van der Waals surface area contributed by atoms with E-state index in [2.05, 4.69) is 64.7 Å². The van der Waals surface area contributed by atoms with E-state index < -0.39 is 5.97 Å². The van der Waals surface area contributed by atoms with Crippen LogP contribution in [0.25, 0.3) is 0 Å². The van der Waals surface area contributed by atoms with Gasteiger partial charge < -0.3 is 24.4 Å². The zero-order valence-corrected chi connectivity index (χ0v) is 43.5. The fourth-order valence-electron chi connectivity index (χ4n) is 10.8. The van der Waals surface area contributed by atoms with Gasteiger partial charge in [-0.1, -0.05) is 145 Å². The van der Waals surface area contributed by atoms with Crippen LogP contribution in [0.5, 0.6) is 11.5 Å². The van der Waals surface area contributed by atoms with Gasteiger partial charge in [0, 0.05) is 42.8 Å². The number of methoxy groups -OCH3 is 1. The molecule has 364 valence electrons. The first-order valence-electron chi connectivity index (χ1n) is 26.5. The van der Waals surface area contributed by atoms with E-state index in [4.69, 9.17) is 14.2 Å². The van der Waals surface area contributed by atoms with Gasteiger partial charge >= 0.3 is 5.97 Å². The molecular formula is C57H96N2O5. The number of aryl methyl sites for hydroxylation is 1. The van der Waals surface area contributed by atoms with Crippen LogP contribution in [0, 0.1) is 36.0 Å². The lowest BCUT2D eigenvalue weighted by molar-refractivity contribution is -0.116. The van der Waals surface area contributed by atoms with Crippen LogP contribution in [-0.4, -0.2) is 55.7 Å². The molecular weight excluding hydrogens is 793 g/mol. The van der Waals surface area contributed by atoms with E-state index in [0.29, 0.717) is 59.6 Å². The van der Waals surface area contributed by atoms with Crippen LogP contribution in [0.2, 0.25) is 0 Å². The van der Waals surface area contributed by atoms with Gasteiger partial charge in [0.05, 0.1) is 18.3 Å². The molecule has 7 heteroatoms. The molecule has 1 heterocycles. The molecule has 64 heavy (non-hydrogen) atoms. The number of anilines is 1. The first-order valence-corrected chi connectivity index (χ1v) is 26.5. The second kappa shape index (κ2) is 28.3. The highest BCUT2D eigenvalue weighted by Gasteiger charge is 2.57. The monoisotopic (exact) mass is 889 g/mol. The Labute approximate surface area is 393 Å². The summed E-state index contributed by atoms with van der Waals surface area (Å²) in [5.41, 5.74) is 3.49. The largest absolute Gasteiger partial charge is 0.490 e. The van der Waals surface area contributed by atoms with Gasteiger partial charge in [-0.25, -0.2) is 4.79 Å². The van der Waals surface area contributed by atoms with Crippen LogP contribution in [0.4, 0.5) is 5.69 Å². The molecule has 1 amide bonds. The number of nitrogens with one attached hydrogen (secondary N) is 1. The number of ether oxygens (including phenoxy) is 3. The van der Waals surface area contributed by atoms with Crippen LogP contribution in [0.3, 0.4) is 0 Å². The van der Waals surface area contributed by atoms with Gasteiger partial charge in [-0.05, 0) is 131 Å². The van der Waals surface area contributed by atoms with Crippen LogP contribution in [0.15, 0.2) is 36.4 Å². The second-order valence-corrected chi connectivity index (χ2v) is 20.2. The third-order valence-corrected chi connectivity index (χ3v) is 15.0. The maximum atomic E-state index is 13.8. The van der Waals surface area contributed by atoms with Crippen LogP contribution >= 0.6 is 0 Å². The number of esters is 1. The normalized spacial score (nSPS) is 22.5. The van der Waals surface area contributed by atoms with Crippen molar-refractivity contribution in [2.75, 3.05) is 32.1 Å². The van der Waals surface area contributed by atoms with Crippen molar-refractivity contribution in [1.29, 1.82) is 0 Å². The summed E-state index contributed by atoms with van der Waals surface area (Å²) in [6.45, 7) is 29.2. The molecule has 7 nitrogen and oxygen atoms in total. The molecule has 3 fully saturated rings. The minimum absolute atomic E-state index is 0.0184. The van der Waals surface area contributed by atoms with E-state index >= 15 is 0 Å². The van der Waals surface area contributed by atoms with Crippen molar-refractivity contribution in [2.45, 2.75) is 223 Å². The predicted molar refractivity (Wildman–Crippen MR) is 271 cm³/mol. The average Bonchev–Trinajstić information content (AvgIpc) is 4.12. The molecule has 2 saturated carbocycles. The predicted octanol–water partition coefficient (Wildman–Crippen LogP) is 15.6. The highest BCUT2D eigenvalue weighted by Crippen LogP contribution is 2.59. The lowest BCUT2D eigenvalue weighted by Gasteiger charge is -2.59. The Morgan fingerprint density at radius 2 is 1.42 bits per heavy atom. The number of hydrogen-bond acceptors (Lipinski definition) is 6. The number of hydrogen-bond donors (Lipinski definition) is 1. The van der Waals surface area contributed by atoms with Crippen molar-refractivity contribution in [3.8, 4) is 11.5 Å². The quantitative estimate of drug-likeness (QED) is 0.0643. The number of amides is 1. The minimum Gasteiger partial charge on any atom is -0.490 e. The number of unbranched alkanes of at least 4 members (excludes halogenated alkanes) is 12. The Balaban J connectivity index is 0.00000265. The summed E-state index contributed by atoms with van der Waals surface area (Å²) in [6.07, 6.45) is 23.1. The second-order valence-electron chi connectivity index (χ2n) is 20.2. The molecule has 5 rings (SSSR count). The number of benzene rings is 2. The van der Waals surface area contributed by atoms with Gasteiger partial charge in [-0.2, -0.15) is 0 Å². The Kier molecular flexibility index (Phi) is 24.5. The van der Waals surface area contributed by atoms with Crippen molar-refractivity contribution in [2.24, 2.45) is 29.1 Å². The van der Waals surface area contributed by atoms with Crippen molar-refractivity contribution in [3.63, 3.8) is 0 Å². The molecule has 0 radical (unpaired) electrons. The molecule has 1 saturated heterocycles. The van der Waals surface area contributed by atoms with E-state index in [0.717, 1.165) is 44.6 Å². The first kappa shape index (κ1) is 55.4. The number of fused-ring (bicyclic) bond motifs is 1. The average molecular weight is 889 g/mol. The van der Waals surface area contributed by atoms with Crippen LogP contribution in [-0.2, 0) is 14.9 Å². The SMILES string of the molecule is CC.CC.CCCCCCCCCCCCCCCC(=O)Nc1ccc(C(=O)Oc2ccc(C)c(C34CCN(CC5CC5)C(C)C3CC(C(C)C(C)(C)C)C(OC)C4)c2OCC)cc1. The molecule has 2 aromatic carbocycles. The Bertz CT molecular complexity index is 1630. The summed E-state index contributed by atoms with van der Waals surface area (Å²) >= 11 is 0. The molecule has 6 atom stereocenters. The van der Waals surface area contributed by atoms with Crippen molar-refractivity contribution >= 4 is 17.6 Å². The third-order valence-electron chi connectivity index (χ3n) is 15.0. The Morgan fingerprint density at radius 1 is 0.844 bits per heavy atom. The molecule has 0 aromatic heterocycles. The molecule has 6 unspecified atom stereocenters. The van der Waals surface area contributed by atoms with E-state index in [9.17, 15) is 9.59 Å². The zero-order valence-electron chi connectivity index (χ0n) is 43.5. The molecule has 1 N–H and O–H groups in total. The van der Waals surface area contributed by atoms with Gasteiger partial charge in [0.1, 0.15) is 0 Å². The summed E-state index contributed by atoms with van der Waals surface area (Å²) < 4.78 is 19.3. The maximum absolute atomic E-state index is 13.8. The van der Waals surface area contributed by atoms with E-state index in [1.54, 1.807) is 24.3 Å². The van der Waals surface area contributed by atoms with Crippen LogP contribution < -0.4 is 14.8 Å². The molecule has 3 aliphatic rings. The smallest absolute Gasteiger partial charge is 0.343 e. The standard InChI is InChI=1S/C53H84N2O5.2C2H6/c1-10-12-13-14-15-16-17-18-19-20-21-22-23-24-48(56)54-43-30-28-42(29-31-43)51(57)60-46-32-25-38(3)49(50(46)59-11-2)53-33-34-55(37-41-26-27-41)40(5)45(53)35-44(47(36-53)58-9)39(4)52(6,7)8;2*1-2/h25,28-32,39-41,44-45,47H,10-24,26-27,33-37H2,1-9H3,(H,54,56);2*1-2H3. The number of likely N-dealkylation sites (tertiary alicyclic amines) is 1. The number of nitrogens with zero attached hydrogens (tertiary/aromatic N) is 1. The highest BCUT2D eigenvalue weighted by atomic mass is 16.6. The third kappa shape index (κ3) is 15.9. The zero-order chi connectivity index (χ0) is 47.3. The number of piperidine rings is 1. The van der Waals surface area contributed by atoms with E-state index in [1.807, 2.05) is 47.8 Å². The molecule has 2 aliphatic carbocycles. The van der Waals surface area contributed by atoms with Gasteiger partial charge in [0.2, 0.25) is 5.91 Å². The lowest BCUT2D eigenvalue weighted by Crippen LogP contribution is -2.61. The van der Waals surface area contributed by atoms with Crippen molar-refractivity contribution < 1.29 is 23.8 Å². The van der Waals surface area contributed by atoms with Gasteiger partial charge in [0.25, 0.3) is 0 Å². The first-order chi connectivity index (χ1) is 30.8. The lowest BCUT2D eigenvalue weighted by atomic mass is 9.51. The summed E-state index contributed by atoms with van der Waals surface area (Å²) in [7, 11) is 1.90. The molecule has 0 bridgehead atoms. The van der Waals surface area contributed by atoms with Crippen LogP contribution in [0.1, 0.15) is 220 Å². The molecule has 2 aromatic rings. The fourth-order valence-corrected chi connectivity index (χ4v) is 10.8. The number of carbonyl (C=O) groups is 2. The summed E-state index contributed by atoms with van der Waals surface area (Å²) in [4.78, 5) is 29.4. The molecule has 1 aliphatic heterocycles. The summed E-state index contributed by atoms with van der Waals surface area (Å²) in [6, 6.07) is 11.5. The summed E-state index contributed by atoms with van der Waals surface area (Å²) in [5.74, 6) is 2.94. The van der Waals surface area contributed by atoms with Crippen molar-refractivity contribution in [1.82, 2.24) is 4.90 Å². The van der Waals surface area contributed by atoms with Gasteiger partial charge in [-0.3, -0.25) is 4.79 Å². The number of rotatable bonds is 24. The Morgan fingerprint density at radius 3 is 1.95 bits per heavy atom. The summed E-state index contributed by atoms with van der Waals surface area (Å²) in [5, 5.41) is 3.02. The number of carbonyl (C=O) groups excluding carboxylic acids is 2. The minimum atomic E-state index is -0.435. The topological polar surface area (TPSA) is 77.1 Å².